The lowest BCUT2D eigenvalue weighted by Crippen LogP contribution is -2.07. The van der Waals surface area contributed by atoms with Gasteiger partial charge in [-0.2, -0.15) is 12.6 Å². The lowest BCUT2D eigenvalue weighted by molar-refractivity contribution is 0.822. The van der Waals surface area contributed by atoms with Gasteiger partial charge < -0.3 is 0 Å². The van der Waals surface area contributed by atoms with E-state index in [4.69, 9.17) is 23.2 Å². The molecular formula is C15H12Cl2S. The van der Waals surface area contributed by atoms with Crippen LogP contribution in [0.25, 0.3) is 11.1 Å². The molecule has 0 bridgehead atoms. The molecule has 0 heterocycles. The first kappa shape index (κ1) is 12.4. The Labute approximate surface area is 122 Å². The third-order valence-corrected chi connectivity index (χ3v) is 4.24. The van der Waals surface area contributed by atoms with E-state index in [1.54, 1.807) is 0 Å². The average molecular weight is 295 g/mol. The Morgan fingerprint density at radius 1 is 0.944 bits per heavy atom. The van der Waals surface area contributed by atoms with E-state index in [2.05, 4.69) is 31.7 Å². The van der Waals surface area contributed by atoms with Crippen molar-refractivity contribution in [2.24, 2.45) is 0 Å². The van der Waals surface area contributed by atoms with Crippen LogP contribution in [0.2, 0.25) is 10.0 Å². The van der Waals surface area contributed by atoms with Gasteiger partial charge in [0.15, 0.2) is 0 Å². The summed E-state index contributed by atoms with van der Waals surface area (Å²) in [5, 5.41) is 1.76. The van der Waals surface area contributed by atoms with Crippen molar-refractivity contribution in [1.82, 2.24) is 0 Å². The second-order valence-corrected chi connectivity index (χ2v) is 6.37. The van der Waals surface area contributed by atoms with Gasteiger partial charge in [-0.05, 0) is 46.5 Å². The van der Waals surface area contributed by atoms with Crippen molar-refractivity contribution >= 4 is 35.8 Å². The highest BCUT2D eigenvalue weighted by Gasteiger charge is 2.31. The molecule has 0 radical (unpaired) electrons. The fraction of sp³-hybridized carbons (Fsp3) is 0.200. The van der Waals surface area contributed by atoms with Gasteiger partial charge in [-0.25, -0.2) is 0 Å². The molecule has 3 rings (SSSR count). The van der Waals surface area contributed by atoms with Gasteiger partial charge in [0.25, 0.3) is 0 Å². The molecule has 1 atom stereocenters. The van der Waals surface area contributed by atoms with Gasteiger partial charge in [0.05, 0.1) is 0 Å². The molecule has 0 saturated carbocycles. The summed E-state index contributed by atoms with van der Waals surface area (Å²) in [5.41, 5.74) is 5.00. The summed E-state index contributed by atoms with van der Waals surface area (Å²) in [6.45, 7) is 2.11. The number of fused-ring (bicyclic) bond motifs is 3. The van der Waals surface area contributed by atoms with Crippen molar-refractivity contribution < 1.29 is 0 Å². The molecule has 0 N–H and O–H groups in total. The van der Waals surface area contributed by atoms with E-state index in [9.17, 15) is 0 Å². The second kappa shape index (κ2) is 4.48. The van der Waals surface area contributed by atoms with Gasteiger partial charge in [0.1, 0.15) is 0 Å². The van der Waals surface area contributed by atoms with E-state index in [0.717, 1.165) is 10.0 Å². The SMILES string of the molecule is CC(S)C1c2cc(Cl)ccc2-c2ccc(Cl)cc21. The monoisotopic (exact) mass is 294 g/mol. The number of rotatable bonds is 1. The molecule has 0 aliphatic heterocycles. The predicted molar refractivity (Wildman–Crippen MR) is 82.2 cm³/mol. The summed E-state index contributed by atoms with van der Waals surface area (Å²) in [5.74, 6) is 0.260. The molecule has 18 heavy (non-hydrogen) atoms. The average Bonchev–Trinajstić information content (AvgIpc) is 2.60. The Bertz CT molecular complexity index is 568. The minimum Gasteiger partial charge on any atom is -0.175 e. The van der Waals surface area contributed by atoms with Gasteiger partial charge >= 0.3 is 0 Å². The van der Waals surface area contributed by atoms with Crippen LogP contribution in [0.5, 0.6) is 0 Å². The maximum atomic E-state index is 6.12. The lowest BCUT2D eigenvalue weighted by Gasteiger charge is -2.17. The van der Waals surface area contributed by atoms with Crippen LogP contribution in [0.4, 0.5) is 0 Å². The Hall–Kier alpha value is -0.630. The summed E-state index contributed by atoms with van der Waals surface area (Å²) in [7, 11) is 0. The van der Waals surface area contributed by atoms with Gasteiger partial charge in [0.2, 0.25) is 0 Å². The fourth-order valence-electron chi connectivity index (χ4n) is 2.76. The summed E-state index contributed by atoms with van der Waals surface area (Å²) < 4.78 is 0. The maximum Gasteiger partial charge on any atom is 0.0409 e. The first-order chi connectivity index (χ1) is 8.58. The number of halogens is 2. The number of hydrogen-bond acceptors (Lipinski definition) is 1. The molecule has 92 valence electrons. The second-order valence-electron chi connectivity index (χ2n) is 4.68. The van der Waals surface area contributed by atoms with Crippen molar-refractivity contribution in [2.75, 3.05) is 0 Å². The molecule has 1 aliphatic rings. The van der Waals surface area contributed by atoms with Crippen LogP contribution in [0.1, 0.15) is 24.0 Å². The van der Waals surface area contributed by atoms with Crippen LogP contribution in [-0.2, 0) is 0 Å². The molecule has 3 heteroatoms. The molecule has 1 unspecified atom stereocenters. The van der Waals surface area contributed by atoms with Gasteiger partial charge in [-0.1, -0.05) is 42.3 Å². The minimum absolute atomic E-state index is 0.224. The van der Waals surface area contributed by atoms with Crippen molar-refractivity contribution in [1.29, 1.82) is 0 Å². The molecular weight excluding hydrogens is 283 g/mol. The molecule has 2 aromatic carbocycles. The van der Waals surface area contributed by atoms with Crippen LogP contribution in [0, 0.1) is 0 Å². The lowest BCUT2D eigenvalue weighted by atomic mass is 9.94. The molecule has 0 fully saturated rings. The molecule has 2 aromatic rings. The zero-order chi connectivity index (χ0) is 12.9. The number of benzene rings is 2. The number of hydrogen-bond donors (Lipinski definition) is 1. The number of thiol groups is 1. The highest BCUT2D eigenvalue weighted by atomic mass is 35.5. The van der Waals surface area contributed by atoms with Gasteiger partial charge in [-0.15, -0.1) is 0 Å². The summed E-state index contributed by atoms with van der Waals surface area (Å²) >= 11 is 16.9. The first-order valence-electron chi connectivity index (χ1n) is 5.85. The Balaban J connectivity index is 2.29. The third kappa shape index (κ3) is 1.85. The molecule has 1 aliphatic carbocycles. The topological polar surface area (TPSA) is 0 Å². The fourth-order valence-corrected chi connectivity index (χ4v) is 3.44. The Kier molecular flexibility index (Phi) is 3.09. The van der Waals surface area contributed by atoms with Gasteiger partial charge in [0, 0.05) is 21.2 Å². The van der Waals surface area contributed by atoms with Crippen LogP contribution in [-0.4, -0.2) is 5.25 Å². The zero-order valence-corrected chi connectivity index (χ0v) is 12.2. The summed E-state index contributed by atoms with van der Waals surface area (Å²) in [4.78, 5) is 0. The summed E-state index contributed by atoms with van der Waals surface area (Å²) in [6.07, 6.45) is 0. The Morgan fingerprint density at radius 2 is 1.39 bits per heavy atom. The van der Waals surface area contributed by atoms with Crippen molar-refractivity contribution in [3.8, 4) is 11.1 Å². The normalized spacial score (nSPS) is 15.3. The van der Waals surface area contributed by atoms with Crippen LogP contribution >= 0.6 is 35.8 Å². The highest BCUT2D eigenvalue weighted by Crippen LogP contribution is 2.48. The maximum absolute atomic E-state index is 6.12. The van der Waals surface area contributed by atoms with E-state index in [1.165, 1.54) is 22.3 Å². The van der Waals surface area contributed by atoms with E-state index in [1.807, 2.05) is 24.3 Å². The first-order valence-corrected chi connectivity index (χ1v) is 7.12. The van der Waals surface area contributed by atoms with Crippen LogP contribution < -0.4 is 0 Å². The van der Waals surface area contributed by atoms with E-state index in [-0.39, 0.29) is 11.2 Å². The highest BCUT2D eigenvalue weighted by molar-refractivity contribution is 7.81. The predicted octanol–water partition coefficient (Wildman–Crippen LogP) is 5.42. The van der Waals surface area contributed by atoms with Crippen molar-refractivity contribution in [3.05, 3.63) is 57.6 Å². The third-order valence-electron chi connectivity index (χ3n) is 3.47. The van der Waals surface area contributed by atoms with E-state index < -0.39 is 0 Å². The van der Waals surface area contributed by atoms with Gasteiger partial charge in [-0.3, -0.25) is 0 Å². The molecule has 0 aromatic heterocycles. The Morgan fingerprint density at radius 3 is 1.78 bits per heavy atom. The quantitative estimate of drug-likeness (QED) is 0.667. The molecule has 0 saturated heterocycles. The minimum atomic E-state index is 0.224. The van der Waals surface area contributed by atoms with E-state index >= 15 is 0 Å². The van der Waals surface area contributed by atoms with E-state index in [0.29, 0.717) is 0 Å². The zero-order valence-electron chi connectivity index (χ0n) is 9.82. The molecule has 0 spiro atoms. The summed E-state index contributed by atoms with van der Waals surface area (Å²) in [6, 6.07) is 12.1. The largest absolute Gasteiger partial charge is 0.175 e. The van der Waals surface area contributed by atoms with Crippen molar-refractivity contribution in [2.45, 2.75) is 18.1 Å². The molecule has 0 nitrogen and oxygen atoms in total. The van der Waals surface area contributed by atoms with Crippen LogP contribution in [0.15, 0.2) is 36.4 Å². The standard InChI is InChI=1S/C15H12Cl2S/c1-8(18)15-13-6-9(16)2-4-11(13)12-5-3-10(17)7-14(12)15/h2-8,15,18H,1H3. The van der Waals surface area contributed by atoms with Crippen LogP contribution in [0.3, 0.4) is 0 Å². The molecule has 0 amide bonds. The van der Waals surface area contributed by atoms with Crippen molar-refractivity contribution in [3.63, 3.8) is 0 Å². The smallest absolute Gasteiger partial charge is 0.0409 e.